The summed E-state index contributed by atoms with van der Waals surface area (Å²) < 4.78 is 35.1. The highest BCUT2D eigenvalue weighted by molar-refractivity contribution is 7.89. The number of benzene rings is 1. The Morgan fingerprint density at radius 3 is 2.90 bits per heavy atom. The van der Waals surface area contributed by atoms with Crippen LogP contribution in [-0.2, 0) is 10.0 Å². The number of fused-ring (bicyclic) bond motifs is 1. The van der Waals surface area contributed by atoms with Crippen molar-refractivity contribution in [3.05, 3.63) is 18.2 Å². The Bertz CT molecular complexity index is 711. The molecule has 2 aromatic rings. The fourth-order valence-corrected chi connectivity index (χ4v) is 3.69. The predicted molar refractivity (Wildman–Crippen MR) is 83.2 cm³/mol. The minimum Gasteiger partial charge on any atom is -0.393 e. The zero-order valence-electron chi connectivity index (χ0n) is 10.6. The third kappa shape index (κ3) is 3.69. The summed E-state index contributed by atoms with van der Waals surface area (Å²) in [6.07, 6.45) is 2.07. The monoisotopic (exact) mass is 330 g/mol. The van der Waals surface area contributed by atoms with Crippen LogP contribution in [0.2, 0.25) is 0 Å². The van der Waals surface area contributed by atoms with Gasteiger partial charge in [0.05, 0.1) is 16.7 Å². The molecule has 0 aliphatic carbocycles. The minimum atomic E-state index is -3.57. The summed E-state index contributed by atoms with van der Waals surface area (Å²) in [4.78, 5) is 0.615. The molecule has 108 valence electrons. The second kappa shape index (κ2) is 6.53. The maximum absolute atomic E-state index is 12.2. The lowest BCUT2D eigenvalue weighted by Crippen LogP contribution is -2.25. The predicted octanol–water partition coefficient (Wildman–Crippen LogP) is 1.43. The fraction of sp³-hybridized carbons (Fsp3) is 0.364. The number of hydrogen-bond acceptors (Lipinski definition) is 6. The molecule has 6 nitrogen and oxygen atoms in total. The Labute approximate surface area is 126 Å². The summed E-state index contributed by atoms with van der Waals surface area (Å²) in [5.41, 5.74) is 6.38. The SMILES string of the molecule is NC(=S)CCCCNS(=O)(=O)c1cccc2nsnc12. The van der Waals surface area contributed by atoms with Crippen LogP contribution >= 0.6 is 23.9 Å². The number of nitrogens with one attached hydrogen (secondary N) is 1. The molecule has 0 unspecified atom stereocenters. The van der Waals surface area contributed by atoms with Gasteiger partial charge < -0.3 is 5.73 Å². The molecule has 0 amide bonds. The van der Waals surface area contributed by atoms with Crippen molar-refractivity contribution in [2.24, 2.45) is 5.73 Å². The zero-order chi connectivity index (χ0) is 14.6. The van der Waals surface area contributed by atoms with Gasteiger partial charge in [0, 0.05) is 6.54 Å². The van der Waals surface area contributed by atoms with Crippen LogP contribution in [-0.4, -0.2) is 28.7 Å². The van der Waals surface area contributed by atoms with Crippen LogP contribution in [0, 0.1) is 0 Å². The summed E-state index contributed by atoms with van der Waals surface area (Å²) in [5.74, 6) is 0. The van der Waals surface area contributed by atoms with Gasteiger partial charge in [0.2, 0.25) is 10.0 Å². The maximum Gasteiger partial charge on any atom is 0.242 e. The molecule has 1 aromatic carbocycles. The first-order valence-electron chi connectivity index (χ1n) is 6.00. The van der Waals surface area contributed by atoms with Crippen molar-refractivity contribution in [3.63, 3.8) is 0 Å². The number of hydrogen-bond donors (Lipinski definition) is 2. The molecule has 0 radical (unpaired) electrons. The minimum absolute atomic E-state index is 0.165. The van der Waals surface area contributed by atoms with E-state index in [0.29, 0.717) is 35.4 Å². The lowest BCUT2D eigenvalue weighted by molar-refractivity contribution is 0.578. The third-order valence-electron chi connectivity index (χ3n) is 2.68. The van der Waals surface area contributed by atoms with Gasteiger partial charge in [0.15, 0.2) is 0 Å². The van der Waals surface area contributed by atoms with E-state index in [1.165, 1.54) is 6.07 Å². The van der Waals surface area contributed by atoms with E-state index in [1.54, 1.807) is 12.1 Å². The number of nitrogens with zero attached hydrogens (tertiary/aromatic N) is 2. The quantitative estimate of drug-likeness (QED) is 0.588. The van der Waals surface area contributed by atoms with Crippen LogP contribution < -0.4 is 10.5 Å². The van der Waals surface area contributed by atoms with Crippen molar-refractivity contribution in [3.8, 4) is 0 Å². The van der Waals surface area contributed by atoms with E-state index >= 15 is 0 Å². The van der Waals surface area contributed by atoms with Crippen molar-refractivity contribution in [2.75, 3.05) is 6.54 Å². The van der Waals surface area contributed by atoms with E-state index < -0.39 is 10.0 Å². The Balaban J connectivity index is 2.03. The highest BCUT2D eigenvalue weighted by atomic mass is 32.2. The Morgan fingerprint density at radius 2 is 2.15 bits per heavy atom. The first kappa shape index (κ1) is 15.2. The molecule has 1 heterocycles. The smallest absolute Gasteiger partial charge is 0.242 e. The second-order valence-electron chi connectivity index (χ2n) is 4.21. The van der Waals surface area contributed by atoms with Gasteiger partial charge in [-0.15, -0.1) is 0 Å². The average molecular weight is 330 g/mol. The highest BCUT2D eigenvalue weighted by Gasteiger charge is 2.18. The van der Waals surface area contributed by atoms with Gasteiger partial charge in [-0.3, -0.25) is 0 Å². The van der Waals surface area contributed by atoms with Crippen LogP contribution in [0.1, 0.15) is 19.3 Å². The van der Waals surface area contributed by atoms with Crippen LogP contribution in [0.25, 0.3) is 11.0 Å². The summed E-state index contributed by atoms with van der Waals surface area (Å²) in [6.45, 7) is 0.346. The molecular formula is C11H14N4O2S3. The van der Waals surface area contributed by atoms with E-state index in [4.69, 9.17) is 18.0 Å². The van der Waals surface area contributed by atoms with Crippen molar-refractivity contribution in [1.82, 2.24) is 13.5 Å². The molecule has 0 aliphatic rings. The summed E-state index contributed by atoms with van der Waals surface area (Å²) in [7, 11) is -3.57. The number of sulfonamides is 1. The summed E-state index contributed by atoms with van der Waals surface area (Å²) in [5, 5.41) is 0. The molecule has 0 saturated heterocycles. The van der Waals surface area contributed by atoms with Gasteiger partial charge in [-0.25, -0.2) is 13.1 Å². The normalized spacial score (nSPS) is 11.8. The Hall–Kier alpha value is -1.16. The van der Waals surface area contributed by atoms with Crippen molar-refractivity contribution in [2.45, 2.75) is 24.2 Å². The zero-order valence-corrected chi connectivity index (χ0v) is 13.0. The standard InChI is InChI=1S/C11H14N4O2S3/c12-10(18)6-1-2-7-13-20(16,17)9-5-3-4-8-11(9)15-19-14-8/h3-5,13H,1-2,6-7H2,(H2,12,18). The average Bonchev–Trinajstić information content (AvgIpc) is 2.85. The number of aromatic nitrogens is 2. The Kier molecular flexibility index (Phi) is 4.97. The third-order valence-corrected chi connectivity index (χ3v) is 4.92. The largest absolute Gasteiger partial charge is 0.393 e. The molecule has 2 rings (SSSR count). The first-order chi connectivity index (χ1) is 9.50. The molecule has 0 bridgehead atoms. The van der Waals surface area contributed by atoms with Crippen LogP contribution in [0.5, 0.6) is 0 Å². The van der Waals surface area contributed by atoms with Crippen LogP contribution in [0.3, 0.4) is 0 Å². The Morgan fingerprint density at radius 1 is 1.35 bits per heavy atom. The van der Waals surface area contributed by atoms with E-state index in [1.807, 2.05) is 0 Å². The van der Waals surface area contributed by atoms with Crippen LogP contribution in [0.15, 0.2) is 23.1 Å². The van der Waals surface area contributed by atoms with E-state index in [-0.39, 0.29) is 4.90 Å². The number of thiocarbonyl (C=S) groups is 1. The molecule has 0 spiro atoms. The number of nitrogens with two attached hydrogens (primary N) is 1. The summed E-state index contributed by atoms with van der Waals surface area (Å²) in [6, 6.07) is 4.92. The second-order valence-corrected chi connectivity index (χ2v) is 7.00. The van der Waals surface area contributed by atoms with Gasteiger partial charge in [-0.05, 0) is 31.4 Å². The lowest BCUT2D eigenvalue weighted by Gasteiger charge is -2.06. The molecule has 0 aliphatic heterocycles. The molecule has 20 heavy (non-hydrogen) atoms. The van der Waals surface area contributed by atoms with Gasteiger partial charge in [0.1, 0.15) is 15.9 Å². The molecule has 1 aromatic heterocycles. The molecule has 3 N–H and O–H groups in total. The maximum atomic E-state index is 12.2. The lowest BCUT2D eigenvalue weighted by atomic mass is 10.2. The van der Waals surface area contributed by atoms with E-state index in [2.05, 4.69) is 13.5 Å². The van der Waals surface area contributed by atoms with Crippen molar-refractivity contribution in [1.29, 1.82) is 0 Å². The van der Waals surface area contributed by atoms with Gasteiger partial charge in [-0.2, -0.15) is 8.75 Å². The van der Waals surface area contributed by atoms with Gasteiger partial charge in [0.25, 0.3) is 0 Å². The van der Waals surface area contributed by atoms with Gasteiger partial charge >= 0.3 is 0 Å². The van der Waals surface area contributed by atoms with Gasteiger partial charge in [-0.1, -0.05) is 18.3 Å². The topological polar surface area (TPSA) is 98.0 Å². The molecule has 0 atom stereocenters. The van der Waals surface area contributed by atoms with Crippen molar-refractivity contribution >= 4 is 50.0 Å². The van der Waals surface area contributed by atoms with E-state index in [0.717, 1.165) is 18.1 Å². The molecular weight excluding hydrogens is 316 g/mol. The molecule has 0 saturated carbocycles. The van der Waals surface area contributed by atoms with E-state index in [9.17, 15) is 8.42 Å². The number of unbranched alkanes of at least 4 members (excludes halogenated alkanes) is 1. The fourth-order valence-electron chi connectivity index (χ4n) is 1.71. The molecule has 0 fully saturated rings. The summed E-state index contributed by atoms with van der Waals surface area (Å²) >= 11 is 5.76. The highest BCUT2D eigenvalue weighted by Crippen LogP contribution is 2.20. The number of rotatable bonds is 7. The van der Waals surface area contributed by atoms with Crippen molar-refractivity contribution < 1.29 is 8.42 Å². The molecule has 9 heteroatoms. The van der Waals surface area contributed by atoms with Crippen LogP contribution in [0.4, 0.5) is 0 Å². The first-order valence-corrected chi connectivity index (χ1v) is 8.62.